The summed E-state index contributed by atoms with van der Waals surface area (Å²) in [6.45, 7) is 0. The minimum absolute atomic E-state index is 0.437. The van der Waals surface area contributed by atoms with Gasteiger partial charge in [0, 0.05) is 24.4 Å². The second-order valence-corrected chi connectivity index (χ2v) is 5.55. The maximum absolute atomic E-state index is 10.5. The lowest BCUT2D eigenvalue weighted by atomic mass is 10.00. The number of aromatic nitrogens is 2. The van der Waals surface area contributed by atoms with Gasteiger partial charge in [-0.1, -0.05) is 41.4 Å². The van der Waals surface area contributed by atoms with Crippen LogP contribution in [0.1, 0.15) is 17.2 Å². The Bertz CT molecular complexity index is 787. The highest BCUT2D eigenvalue weighted by molar-refractivity contribution is 6.42. The Morgan fingerprint density at radius 2 is 1.81 bits per heavy atom. The molecule has 3 aromatic rings. The Hall–Kier alpha value is -1.68. The van der Waals surface area contributed by atoms with Crippen LogP contribution in [0.25, 0.3) is 11.0 Å². The van der Waals surface area contributed by atoms with Crippen molar-refractivity contribution in [1.29, 1.82) is 0 Å². The zero-order chi connectivity index (χ0) is 14.8. The SMILES string of the molecule is OC(Cc1ccc(Cl)c(Cl)c1)c1cccc2nccnc12. The third-order valence-corrected chi connectivity index (χ3v) is 4.04. The molecule has 106 valence electrons. The van der Waals surface area contributed by atoms with E-state index in [1.165, 1.54) is 0 Å². The van der Waals surface area contributed by atoms with Crippen LogP contribution in [0.3, 0.4) is 0 Å². The number of aliphatic hydroxyl groups excluding tert-OH is 1. The van der Waals surface area contributed by atoms with Crippen LogP contribution in [0.15, 0.2) is 48.8 Å². The Morgan fingerprint density at radius 3 is 2.62 bits per heavy atom. The summed E-state index contributed by atoms with van der Waals surface area (Å²) in [7, 11) is 0. The van der Waals surface area contributed by atoms with Crippen molar-refractivity contribution < 1.29 is 5.11 Å². The minimum atomic E-state index is -0.678. The standard InChI is InChI=1S/C16H12Cl2N2O/c17-12-5-4-10(8-13(12)18)9-15(21)11-2-1-3-14-16(11)20-7-6-19-14/h1-8,15,21H,9H2. The van der Waals surface area contributed by atoms with Crippen molar-refractivity contribution in [2.75, 3.05) is 0 Å². The molecule has 0 bridgehead atoms. The maximum Gasteiger partial charge on any atom is 0.0944 e. The van der Waals surface area contributed by atoms with E-state index in [4.69, 9.17) is 23.2 Å². The van der Waals surface area contributed by atoms with Crippen LogP contribution < -0.4 is 0 Å². The van der Waals surface area contributed by atoms with Crippen LogP contribution in [0.5, 0.6) is 0 Å². The molecule has 0 amide bonds. The zero-order valence-electron chi connectivity index (χ0n) is 11.0. The molecular formula is C16H12Cl2N2O. The van der Waals surface area contributed by atoms with Crippen molar-refractivity contribution in [3.8, 4) is 0 Å². The quantitative estimate of drug-likeness (QED) is 0.786. The van der Waals surface area contributed by atoms with Gasteiger partial charge in [0.25, 0.3) is 0 Å². The topological polar surface area (TPSA) is 46.0 Å². The summed E-state index contributed by atoms with van der Waals surface area (Å²) in [5.74, 6) is 0. The largest absolute Gasteiger partial charge is 0.388 e. The average Bonchev–Trinajstić information content (AvgIpc) is 2.50. The van der Waals surface area contributed by atoms with Crippen molar-refractivity contribution in [3.05, 3.63) is 70.0 Å². The highest BCUT2D eigenvalue weighted by Crippen LogP contribution is 2.27. The van der Waals surface area contributed by atoms with E-state index in [2.05, 4.69) is 9.97 Å². The molecule has 0 spiro atoms. The molecule has 0 saturated carbocycles. The lowest BCUT2D eigenvalue weighted by molar-refractivity contribution is 0.180. The fourth-order valence-electron chi connectivity index (χ4n) is 2.28. The number of hydrogen-bond donors (Lipinski definition) is 1. The molecule has 1 heterocycles. The van der Waals surface area contributed by atoms with Gasteiger partial charge in [-0.05, 0) is 23.8 Å². The molecule has 0 aliphatic rings. The number of para-hydroxylation sites is 1. The summed E-state index contributed by atoms with van der Waals surface area (Å²) >= 11 is 11.9. The highest BCUT2D eigenvalue weighted by Gasteiger charge is 2.14. The molecule has 0 fully saturated rings. The summed E-state index contributed by atoms with van der Waals surface area (Å²) in [4.78, 5) is 8.55. The first-order chi connectivity index (χ1) is 10.1. The van der Waals surface area contributed by atoms with Gasteiger partial charge in [0.05, 0.1) is 27.2 Å². The van der Waals surface area contributed by atoms with E-state index in [1.807, 2.05) is 24.3 Å². The van der Waals surface area contributed by atoms with Crippen LogP contribution in [0.2, 0.25) is 10.0 Å². The van der Waals surface area contributed by atoms with E-state index in [0.717, 1.165) is 16.6 Å². The number of halogens is 2. The van der Waals surface area contributed by atoms with E-state index in [-0.39, 0.29) is 0 Å². The van der Waals surface area contributed by atoms with Gasteiger partial charge in [0.1, 0.15) is 0 Å². The van der Waals surface area contributed by atoms with Gasteiger partial charge in [-0.3, -0.25) is 9.97 Å². The van der Waals surface area contributed by atoms with Gasteiger partial charge in [-0.25, -0.2) is 0 Å². The molecule has 1 atom stereocenters. The van der Waals surface area contributed by atoms with Crippen LogP contribution >= 0.6 is 23.2 Å². The number of nitrogens with zero attached hydrogens (tertiary/aromatic N) is 2. The number of fused-ring (bicyclic) bond motifs is 1. The van der Waals surface area contributed by atoms with Crippen molar-refractivity contribution in [2.24, 2.45) is 0 Å². The van der Waals surface area contributed by atoms with Crippen molar-refractivity contribution in [2.45, 2.75) is 12.5 Å². The van der Waals surface area contributed by atoms with Crippen LogP contribution in [-0.4, -0.2) is 15.1 Å². The monoisotopic (exact) mass is 318 g/mol. The second-order valence-electron chi connectivity index (χ2n) is 4.74. The Labute approximate surface area is 132 Å². The van der Waals surface area contributed by atoms with E-state index in [1.54, 1.807) is 24.5 Å². The smallest absolute Gasteiger partial charge is 0.0944 e. The molecule has 0 saturated heterocycles. The van der Waals surface area contributed by atoms with E-state index in [9.17, 15) is 5.11 Å². The molecule has 0 aliphatic carbocycles. The Morgan fingerprint density at radius 1 is 1.00 bits per heavy atom. The molecule has 5 heteroatoms. The number of aliphatic hydroxyl groups is 1. The summed E-state index contributed by atoms with van der Waals surface area (Å²) in [6, 6.07) is 11.0. The Kier molecular flexibility index (Phi) is 4.06. The van der Waals surface area contributed by atoms with Crippen LogP contribution in [-0.2, 0) is 6.42 Å². The van der Waals surface area contributed by atoms with E-state index < -0.39 is 6.10 Å². The molecule has 2 aromatic carbocycles. The van der Waals surface area contributed by atoms with Gasteiger partial charge in [-0.15, -0.1) is 0 Å². The lowest BCUT2D eigenvalue weighted by Crippen LogP contribution is -2.03. The van der Waals surface area contributed by atoms with Gasteiger partial charge >= 0.3 is 0 Å². The molecule has 1 unspecified atom stereocenters. The second kappa shape index (κ2) is 5.98. The third kappa shape index (κ3) is 3.00. The highest BCUT2D eigenvalue weighted by atomic mass is 35.5. The number of hydrogen-bond acceptors (Lipinski definition) is 3. The van der Waals surface area contributed by atoms with Gasteiger partial charge in [-0.2, -0.15) is 0 Å². The van der Waals surface area contributed by atoms with Crippen molar-refractivity contribution >= 4 is 34.2 Å². The average molecular weight is 319 g/mol. The molecule has 1 N–H and O–H groups in total. The van der Waals surface area contributed by atoms with Crippen molar-refractivity contribution in [3.63, 3.8) is 0 Å². The fourth-order valence-corrected chi connectivity index (χ4v) is 2.60. The summed E-state index contributed by atoms with van der Waals surface area (Å²) < 4.78 is 0. The normalized spacial score (nSPS) is 12.5. The predicted octanol–water partition coefficient (Wildman–Crippen LogP) is 4.21. The van der Waals surface area contributed by atoms with Crippen LogP contribution in [0, 0.1) is 0 Å². The first-order valence-corrected chi connectivity index (χ1v) is 7.22. The maximum atomic E-state index is 10.5. The Balaban J connectivity index is 1.93. The number of benzene rings is 2. The van der Waals surface area contributed by atoms with Gasteiger partial charge in [0.2, 0.25) is 0 Å². The van der Waals surface area contributed by atoms with E-state index >= 15 is 0 Å². The van der Waals surface area contributed by atoms with Gasteiger partial charge < -0.3 is 5.11 Å². The predicted molar refractivity (Wildman–Crippen MR) is 84.7 cm³/mol. The fraction of sp³-hybridized carbons (Fsp3) is 0.125. The first-order valence-electron chi connectivity index (χ1n) is 6.47. The minimum Gasteiger partial charge on any atom is -0.388 e. The van der Waals surface area contributed by atoms with E-state index in [0.29, 0.717) is 22.0 Å². The molecule has 0 radical (unpaired) electrons. The van der Waals surface area contributed by atoms with Gasteiger partial charge in [0.15, 0.2) is 0 Å². The molecule has 0 aliphatic heterocycles. The molecule has 21 heavy (non-hydrogen) atoms. The number of rotatable bonds is 3. The van der Waals surface area contributed by atoms with Crippen molar-refractivity contribution in [1.82, 2.24) is 9.97 Å². The third-order valence-electron chi connectivity index (χ3n) is 3.30. The molecule has 3 rings (SSSR count). The zero-order valence-corrected chi connectivity index (χ0v) is 12.5. The first kappa shape index (κ1) is 14.3. The summed E-state index contributed by atoms with van der Waals surface area (Å²) in [5.41, 5.74) is 3.15. The van der Waals surface area contributed by atoms with Crippen LogP contribution in [0.4, 0.5) is 0 Å². The summed E-state index contributed by atoms with van der Waals surface area (Å²) in [5, 5.41) is 11.5. The molecule has 1 aromatic heterocycles. The molecular weight excluding hydrogens is 307 g/mol. The summed E-state index contributed by atoms with van der Waals surface area (Å²) in [6.07, 6.45) is 3.02. The lowest BCUT2D eigenvalue weighted by Gasteiger charge is -2.13. The molecule has 3 nitrogen and oxygen atoms in total.